The highest BCUT2D eigenvalue weighted by Crippen LogP contribution is 2.22. The number of likely N-dealkylation sites (N-methyl/N-ethyl adjacent to an activating group) is 1. The van der Waals surface area contributed by atoms with Gasteiger partial charge in [-0.2, -0.15) is 0 Å². The predicted octanol–water partition coefficient (Wildman–Crippen LogP) is 1.61. The Balaban J connectivity index is 1.97. The van der Waals surface area contributed by atoms with Crippen LogP contribution in [0.1, 0.15) is 19.8 Å². The minimum absolute atomic E-state index is 0.0449. The molecule has 0 amide bonds. The van der Waals surface area contributed by atoms with E-state index in [2.05, 4.69) is 30.5 Å². The molecule has 0 spiro atoms. The van der Waals surface area contributed by atoms with Gasteiger partial charge in [0.25, 0.3) is 0 Å². The second-order valence-electron chi connectivity index (χ2n) is 4.42. The first-order valence-corrected chi connectivity index (χ1v) is 5.54. The van der Waals surface area contributed by atoms with E-state index >= 15 is 0 Å². The lowest BCUT2D eigenvalue weighted by Crippen LogP contribution is -2.37. The standard InChI is InChI=1S/C12H19NO2/c1-12(13-2)6-4-3-5-10(7-12)14-8-11-9-15-11/h3,5,7,11,13H,4,6,8-9H2,1-2H3. The molecule has 1 N–H and O–H groups in total. The fourth-order valence-corrected chi connectivity index (χ4v) is 1.66. The quantitative estimate of drug-likeness (QED) is 0.714. The third-order valence-electron chi connectivity index (χ3n) is 2.98. The summed E-state index contributed by atoms with van der Waals surface area (Å²) in [4.78, 5) is 0. The Morgan fingerprint density at radius 1 is 1.67 bits per heavy atom. The van der Waals surface area contributed by atoms with Gasteiger partial charge in [0.2, 0.25) is 0 Å². The Morgan fingerprint density at radius 2 is 2.47 bits per heavy atom. The fraction of sp³-hybridized carbons (Fsp3) is 0.667. The number of rotatable bonds is 4. The molecule has 2 aliphatic rings. The first-order chi connectivity index (χ1) is 7.22. The van der Waals surface area contributed by atoms with Crippen LogP contribution in [0.2, 0.25) is 0 Å². The summed E-state index contributed by atoms with van der Waals surface area (Å²) in [6.45, 7) is 3.72. The molecule has 0 saturated carbocycles. The van der Waals surface area contributed by atoms with E-state index in [9.17, 15) is 0 Å². The molecule has 1 fully saturated rings. The molecule has 0 radical (unpaired) electrons. The molecular weight excluding hydrogens is 190 g/mol. The molecular formula is C12H19NO2. The summed E-state index contributed by atoms with van der Waals surface area (Å²) >= 11 is 0. The Kier molecular flexibility index (Phi) is 3.12. The van der Waals surface area contributed by atoms with Gasteiger partial charge >= 0.3 is 0 Å². The van der Waals surface area contributed by atoms with Gasteiger partial charge < -0.3 is 14.8 Å². The van der Waals surface area contributed by atoms with E-state index < -0.39 is 0 Å². The molecule has 15 heavy (non-hydrogen) atoms. The molecule has 2 unspecified atom stereocenters. The summed E-state index contributed by atoms with van der Waals surface area (Å²) in [5.74, 6) is 0.958. The van der Waals surface area contributed by atoms with Crippen LogP contribution in [0, 0.1) is 0 Å². The zero-order valence-corrected chi connectivity index (χ0v) is 9.45. The topological polar surface area (TPSA) is 33.8 Å². The number of ether oxygens (including phenoxy) is 2. The van der Waals surface area contributed by atoms with Crippen LogP contribution in [0.15, 0.2) is 24.0 Å². The largest absolute Gasteiger partial charge is 0.491 e. The second kappa shape index (κ2) is 4.37. The molecule has 3 nitrogen and oxygen atoms in total. The Morgan fingerprint density at radius 3 is 3.13 bits per heavy atom. The molecule has 1 heterocycles. The van der Waals surface area contributed by atoms with Crippen LogP contribution in [-0.2, 0) is 9.47 Å². The third kappa shape index (κ3) is 3.08. The van der Waals surface area contributed by atoms with Crippen LogP contribution in [0.3, 0.4) is 0 Å². The van der Waals surface area contributed by atoms with Gasteiger partial charge in [0.15, 0.2) is 0 Å². The first-order valence-electron chi connectivity index (χ1n) is 5.54. The van der Waals surface area contributed by atoms with Gasteiger partial charge in [-0.1, -0.05) is 6.08 Å². The average molecular weight is 209 g/mol. The molecule has 1 aliphatic carbocycles. The van der Waals surface area contributed by atoms with Crippen molar-refractivity contribution in [2.45, 2.75) is 31.4 Å². The van der Waals surface area contributed by atoms with Gasteiger partial charge in [-0.25, -0.2) is 0 Å². The Labute approximate surface area is 91.1 Å². The lowest BCUT2D eigenvalue weighted by molar-refractivity contribution is 0.190. The number of epoxide rings is 1. The van der Waals surface area contributed by atoms with Crippen molar-refractivity contribution in [2.75, 3.05) is 20.3 Å². The number of nitrogens with one attached hydrogen (secondary N) is 1. The average Bonchev–Trinajstić information content (AvgIpc) is 3.03. The zero-order chi connectivity index (χ0) is 10.7. The van der Waals surface area contributed by atoms with Crippen LogP contribution < -0.4 is 5.32 Å². The summed E-state index contributed by atoms with van der Waals surface area (Å²) in [6.07, 6.45) is 8.91. The maximum absolute atomic E-state index is 5.69. The fourth-order valence-electron chi connectivity index (χ4n) is 1.66. The molecule has 1 aliphatic heterocycles. The molecule has 0 aromatic heterocycles. The molecule has 1 saturated heterocycles. The smallest absolute Gasteiger partial charge is 0.117 e. The highest BCUT2D eigenvalue weighted by molar-refractivity contribution is 5.21. The monoisotopic (exact) mass is 209 g/mol. The molecule has 0 aromatic carbocycles. The minimum Gasteiger partial charge on any atom is -0.491 e. The number of hydrogen-bond donors (Lipinski definition) is 1. The van der Waals surface area contributed by atoms with Crippen molar-refractivity contribution in [1.29, 1.82) is 0 Å². The van der Waals surface area contributed by atoms with Crippen LogP contribution >= 0.6 is 0 Å². The molecule has 0 bridgehead atoms. The first kappa shape index (κ1) is 10.7. The highest BCUT2D eigenvalue weighted by atomic mass is 16.6. The van der Waals surface area contributed by atoms with E-state index in [4.69, 9.17) is 9.47 Å². The molecule has 2 rings (SSSR count). The minimum atomic E-state index is 0.0449. The normalized spacial score (nSPS) is 34.5. The van der Waals surface area contributed by atoms with Crippen molar-refractivity contribution in [3.05, 3.63) is 24.0 Å². The molecule has 84 valence electrons. The molecule has 2 atom stereocenters. The SMILES string of the molecule is CNC1(C)C=C(OCC2CO2)C=CCC1. The second-order valence-corrected chi connectivity index (χ2v) is 4.42. The van der Waals surface area contributed by atoms with E-state index in [0.717, 1.165) is 25.2 Å². The maximum Gasteiger partial charge on any atom is 0.117 e. The van der Waals surface area contributed by atoms with E-state index in [-0.39, 0.29) is 5.54 Å². The predicted molar refractivity (Wildman–Crippen MR) is 59.6 cm³/mol. The zero-order valence-electron chi connectivity index (χ0n) is 9.45. The van der Waals surface area contributed by atoms with Gasteiger partial charge in [-0.3, -0.25) is 0 Å². The number of allylic oxidation sites excluding steroid dienone is 2. The van der Waals surface area contributed by atoms with Gasteiger partial charge in [-0.05, 0) is 39.0 Å². The lowest BCUT2D eigenvalue weighted by atomic mass is 9.97. The summed E-state index contributed by atoms with van der Waals surface area (Å²) in [5.41, 5.74) is 0.0449. The van der Waals surface area contributed by atoms with Gasteiger partial charge in [0.1, 0.15) is 18.5 Å². The van der Waals surface area contributed by atoms with Crippen LogP contribution in [-0.4, -0.2) is 31.9 Å². The summed E-state index contributed by atoms with van der Waals surface area (Å²) < 4.78 is 10.8. The van der Waals surface area contributed by atoms with E-state index in [1.165, 1.54) is 0 Å². The van der Waals surface area contributed by atoms with Crippen molar-refractivity contribution in [3.63, 3.8) is 0 Å². The van der Waals surface area contributed by atoms with Crippen LogP contribution in [0.25, 0.3) is 0 Å². The van der Waals surface area contributed by atoms with Crippen molar-refractivity contribution in [1.82, 2.24) is 5.32 Å². The van der Waals surface area contributed by atoms with E-state index in [1.807, 2.05) is 7.05 Å². The molecule has 0 aromatic rings. The number of hydrogen-bond acceptors (Lipinski definition) is 3. The van der Waals surface area contributed by atoms with Crippen molar-refractivity contribution in [2.24, 2.45) is 0 Å². The van der Waals surface area contributed by atoms with E-state index in [1.54, 1.807) is 0 Å². The summed E-state index contributed by atoms with van der Waals surface area (Å²) in [6, 6.07) is 0. The van der Waals surface area contributed by atoms with Crippen LogP contribution in [0.5, 0.6) is 0 Å². The molecule has 3 heteroatoms. The van der Waals surface area contributed by atoms with Crippen molar-refractivity contribution in [3.8, 4) is 0 Å². The van der Waals surface area contributed by atoms with Gasteiger partial charge in [0.05, 0.1) is 6.61 Å². The third-order valence-corrected chi connectivity index (χ3v) is 2.98. The Bertz CT molecular complexity index is 281. The van der Waals surface area contributed by atoms with Crippen molar-refractivity contribution < 1.29 is 9.47 Å². The van der Waals surface area contributed by atoms with Gasteiger partial charge in [-0.15, -0.1) is 0 Å². The van der Waals surface area contributed by atoms with Crippen LogP contribution in [0.4, 0.5) is 0 Å². The summed E-state index contributed by atoms with van der Waals surface area (Å²) in [5, 5.41) is 3.33. The maximum atomic E-state index is 5.69. The van der Waals surface area contributed by atoms with Crippen molar-refractivity contribution >= 4 is 0 Å². The summed E-state index contributed by atoms with van der Waals surface area (Å²) in [7, 11) is 1.99. The Hall–Kier alpha value is -0.800. The lowest BCUT2D eigenvalue weighted by Gasteiger charge is -2.24. The highest BCUT2D eigenvalue weighted by Gasteiger charge is 2.25. The van der Waals surface area contributed by atoms with E-state index in [0.29, 0.717) is 12.7 Å². The van der Waals surface area contributed by atoms with Gasteiger partial charge in [0, 0.05) is 5.54 Å².